The Morgan fingerprint density at radius 3 is 2.59 bits per heavy atom. The van der Waals surface area contributed by atoms with Crippen molar-refractivity contribution in [1.82, 2.24) is 0 Å². The third kappa shape index (κ3) is 5.50. The van der Waals surface area contributed by atoms with Gasteiger partial charge in [-0.1, -0.05) is 31.4 Å². The lowest BCUT2D eigenvalue weighted by Crippen LogP contribution is -2.33. The molecule has 0 aromatic heterocycles. The van der Waals surface area contributed by atoms with E-state index in [-0.39, 0.29) is 17.5 Å². The summed E-state index contributed by atoms with van der Waals surface area (Å²) in [6, 6.07) is 12.1. The van der Waals surface area contributed by atoms with Crippen molar-refractivity contribution in [2.24, 2.45) is 5.73 Å². The molecule has 1 fully saturated rings. The monoisotopic (exact) mass is 415 g/mol. The highest BCUT2D eigenvalue weighted by molar-refractivity contribution is 8.00. The fourth-order valence-corrected chi connectivity index (χ4v) is 4.45. The molecule has 0 aliphatic heterocycles. The first-order valence-corrected chi connectivity index (χ1v) is 10.8. The second kappa shape index (κ2) is 9.78. The molecule has 1 aliphatic rings. The fraction of sp³-hybridized carbons (Fsp3) is 0.364. The number of amides is 2. The topological polar surface area (TPSA) is 75.4 Å². The molecule has 0 saturated heterocycles. The third-order valence-electron chi connectivity index (χ3n) is 5.21. The number of nitrogens with zero attached hydrogens (tertiary/aromatic N) is 1. The molecule has 7 heteroatoms. The van der Waals surface area contributed by atoms with Gasteiger partial charge >= 0.3 is 0 Å². The van der Waals surface area contributed by atoms with Crippen LogP contribution in [0.15, 0.2) is 47.4 Å². The van der Waals surface area contributed by atoms with Crippen molar-refractivity contribution in [3.05, 3.63) is 53.8 Å². The average molecular weight is 416 g/mol. The van der Waals surface area contributed by atoms with E-state index in [0.717, 1.165) is 12.8 Å². The zero-order valence-corrected chi connectivity index (χ0v) is 17.3. The fourth-order valence-electron chi connectivity index (χ4n) is 3.66. The largest absolute Gasteiger partial charge is 0.369 e. The van der Waals surface area contributed by atoms with Gasteiger partial charge in [-0.15, -0.1) is 11.8 Å². The molecule has 2 aromatic carbocycles. The van der Waals surface area contributed by atoms with E-state index in [1.165, 1.54) is 37.1 Å². The molecule has 2 aromatic rings. The van der Waals surface area contributed by atoms with Crippen molar-refractivity contribution in [3.8, 4) is 0 Å². The van der Waals surface area contributed by atoms with Crippen LogP contribution in [0.1, 0.15) is 42.5 Å². The van der Waals surface area contributed by atoms with Gasteiger partial charge in [-0.2, -0.15) is 0 Å². The average Bonchev–Trinajstić information content (AvgIpc) is 2.72. The normalized spacial score (nSPS) is 14.4. The van der Waals surface area contributed by atoms with Crippen LogP contribution in [0.25, 0.3) is 0 Å². The molecule has 0 atom stereocenters. The van der Waals surface area contributed by atoms with Crippen LogP contribution in [0, 0.1) is 5.82 Å². The zero-order valence-electron chi connectivity index (χ0n) is 16.5. The number of nitrogens with one attached hydrogen (secondary N) is 1. The smallest absolute Gasteiger partial charge is 0.256 e. The summed E-state index contributed by atoms with van der Waals surface area (Å²) in [6.07, 6.45) is 5.76. The molecular weight excluding hydrogens is 389 g/mol. The molecular formula is C22H26FN3O2S. The summed E-state index contributed by atoms with van der Waals surface area (Å²) in [5, 5.41) is 2.75. The maximum absolute atomic E-state index is 14.7. The van der Waals surface area contributed by atoms with Gasteiger partial charge in [-0.25, -0.2) is 4.39 Å². The zero-order chi connectivity index (χ0) is 20.8. The molecule has 0 unspecified atom stereocenters. The van der Waals surface area contributed by atoms with Crippen LogP contribution in [0.5, 0.6) is 0 Å². The second-order valence-corrected chi connectivity index (χ2v) is 8.29. The van der Waals surface area contributed by atoms with Gasteiger partial charge in [-0.3, -0.25) is 9.59 Å². The molecule has 0 radical (unpaired) electrons. The molecule has 1 aliphatic carbocycles. The van der Waals surface area contributed by atoms with Gasteiger partial charge in [0, 0.05) is 23.7 Å². The highest BCUT2D eigenvalue weighted by Crippen LogP contribution is 2.30. The van der Waals surface area contributed by atoms with E-state index in [9.17, 15) is 14.0 Å². The summed E-state index contributed by atoms with van der Waals surface area (Å²) in [5.74, 6) is -1.08. The van der Waals surface area contributed by atoms with E-state index < -0.39 is 5.91 Å². The van der Waals surface area contributed by atoms with Gasteiger partial charge in [0.2, 0.25) is 5.91 Å². The molecule has 3 N–H and O–H groups in total. The molecule has 5 nitrogen and oxygen atoms in total. The van der Waals surface area contributed by atoms with Crippen LogP contribution in [-0.4, -0.2) is 30.7 Å². The summed E-state index contributed by atoms with van der Waals surface area (Å²) in [6.45, 7) is 0. The lowest BCUT2D eigenvalue weighted by molar-refractivity contribution is -0.115. The number of benzene rings is 2. The van der Waals surface area contributed by atoms with Crippen LogP contribution >= 0.6 is 11.8 Å². The number of thioether (sulfide) groups is 1. The van der Waals surface area contributed by atoms with Gasteiger partial charge < -0.3 is 16.0 Å². The minimum Gasteiger partial charge on any atom is -0.369 e. The van der Waals surface area contributed by atoms with E-state index in [0.29, 0.717) is 27.9 Å². The lowest BCUT2D eigenvalue weighted by atomic mass is 9.94. The first-order valence-electron chi connectivity index (χ1n) is 9.79. The SMILES string of the molecule is CN(c1ccc(NC(=O)c2ccccc2SCC(N)=O)cc1F)C1CCCCC1. The van der Waals surface area contributed by atoms with Crippen LogP contribution in [-0.2, 0) is 4.79 Å². The third-order valence-corrected chi connectivity index (χ3v) is 6.31. The Bertz CT molecular complexity index is 884. The lowest BCUT2D eigenvalue weighted by Gasteiger charge is -2.33. The Morgan fingerprint density at radius 2 is 1.90 bits per heavy atom. The van der Waals surface area contributed by atoms with E-state index in [1.54, 1.807) is 36.4 Å². The number of carbonyl (C=O) groups is 2. The quantitative estimate of drug-likeness (QED) is 0.656. The molecule has 1 saturated carbocycles. The summed E-state index contributed by atoms with van der Waals surface area (Å²) >= 11 is 1.20. The highest BCUT2D eigenvalue weighted by atomic mass is 32.2. The summed E-state index contributed by atoms with van der Waals surface area (Å²) < 4.78 is 14.7. The number of nitrogens with two attached hydrogens (primary N) is 1. The summed E-state index contributed by atoms with van der Waals surface area (Å²) in [4.78, 5) is 26.4. The number of primary amides is 1. The van der Waals surface area contributed by atoms with E-state index in [1.807, 2.05) is 11.9 Å². The predicted octanol–water partition coefficient (Wildman–Crippen LogP) is 4.42. The number of hydrogen-bond donors (Lipinski definition) is 2. The molecule has 154 valence electrons. The summed E-state index contributed by atoms with van der Waals surface area (Å²) in [7, 11) is 1.93. The Kier molecular flexibility index (Phi) is 7.14. The standard InChI is InChI=1S/C22H26FN3O2S/c1-26(16-7-3-2-4-8-16)19-12-11-15(13-18(19)23)25-22(28)17-9-5-6-10-20(17)29-14-21(24)27/h5-6,9-13,16H,2-4,7-8,14H2,1H3,(H2,24,27)(H,25,28). The van der Waals surface area contributed by atoms with Crippen molar-refractivity contribution >= 4 is 35.0 Å². The Balaban J connectivity index is 1.71. The minimum atomic E-state index is -0.454. The number of rotatable bonds is 7. The maximum Gasteiger partial charge on any atom is 0.256 e. The number of halogens is 1. The number of hydrogen-bond acceptors (Lipinski definition) is 4. The van der Waals surface area contributed by atoms with Gasteiger partial charge in [-0.05, 0) is 43.2 Å². The van der Waals surface area contributed by atoms with Crippen LogP contribution in [0.4, 0.5) is 15.8 Å². The number of anilines is 2. The first kappa shape index (κ1) is 21.2. The van der Waals surface area contributed by atoms with Crippen molar-refractivity contribution in [3.63, 3.8) is 0 Å². The molecule has 0 spiro atoms. The second-order valence-electron chi connectivity index (χ2n) is 7.27. The van der Waals surface area contributed by atoms with Gasteiger partial charge in [0.1, 0.15) is 5.82 Å². The first-order chi connectivity index (χ1) is 14.0. The van der Waals surface area contributed by atoms with Crippen molar-refractivity contribution in [2.75, 3.05) is 23.0 Å². The number of carbonyl (C=O) groups excluding carboxylic acids is 2. The van der Waals surface area contributed by atoms with Crippen molar-refractivity contribution < 1.29 is 14.0 Å². The van der Waals surface area contributed by atoms with Crippen LogP contribution < -0.4 is 16.0 Å². The molecule has 2 amide bonds. The van der Waals surface area contributed by atoms with Gasteiger partial charge in [0.05, 0.1) is 17.0 Å². The van der Waals surface area contributed by atoms with E-state index >= 15 is 0 Å². The van der Waals surface area contributed by atoms with Crippen LogP contribution in [0.2, 0.25) is 0 Å². The van der Waals surface area contributed by atoms with E-state index in [2.05, 4.69) is 5.32 Å². The van der Waals surface area contributed by atoms with Crippen molar-refractivity contribution in [2.45, 2.75) is 43.0 Å². The Labute approximate surface area is 174 Å². The Hall–Kier alpha value is -2.54. The summed E-state index contributed by atoms with van der Waals surface area (Å²) in [5.41, 5.74) is 6.55. The molecule has 3 rings (SSSR count). The Morgan fingerprint density at radius 1 is 1.17 bits per heavy atom. The van der Waals surface area contributed by atoms with Crippen molar-refractivity contribution in [1.29, 1.82) is 0 Å². The molecule has 0 heterocycles. The minimum absolute atomic E-state index is 0.0844. The molecule has 0 bridgehead atoms. The maximum atomic E-state index is 14.7. The van der Waals surface area contributed by atoms with Gasteiger partial charge in [0.25, 0.3) is 5.91 Å². The van der Waals surface area contributed by atoms with Gasteiger partial charge in [0.15, 0.2) is 0 Å². The molecule has 29 heavy (non-hydrogen) atoms. The highest BCUT2D eigenvalue weighted by Gasteiger charge is 2.21. The predicted molar refractivity (Wildman–Crippen MR) is 116 cm³/mol. The van der Waals surface area contributed by atoms with Crippen LogP contribution in [0.3, 0.4) is 0 Å². The van der Waals surface area contributed by atoms with E-state index in [4.69, 9.17) is 5.73 Å².